The van der Waals surface area contributed by atoms with Gasteiger partial charge in [-0.2, -0.15) is 0 Å². The van der Waals surface area contributed by atoms with E-state index in [0.717, 1.165) is 17.8 Å². The first-order valence-corrected chi connectivity index (χ1v) is 4.73. The molecule has 2 heteroatoms. The molecule has 1 rings (SSSR count). The molecule has 1 N–H and O–H groups in total. The number of hydrogen-bond acceptors (Lipinski definition) is 1. The Morgan fingerprint density at radius 3 is 2.71 bits per heavy atom. The Morgan fingerprint density at radius 1 is 1.43 bits per heavy atom. The lowest BCUT2D eigenvalue weighted by atomic mass is 10.2. The molecule has 0 saturated carbocycles. The van der Waals surface area contributed by atoms with E-state index in [1.165, 1.54) is 17.7 Å². The van der Waals surface area contributed by atoms with Crippen molar-refractivity contribution in [3.8, 4) is 0 Å². The number of aryl methyl sites for hydroxylation is 1. The molecule has 0 aliphatic heterocycles. The van der Waals surface area contributed by atoms with Crippen LogP contribution in [0.25, 0.3) is 0 Å². The first-order chi connectivity index (χ1) is 6.59. The highest BCUT2D eigenvalue weighted by Crippen LogP contribution is 2.15. The van der Waals surface area contributed by atoms with Crippen molar-refractivity contribution in [1.82, 2.24) is 0 Å². The largest absolute Gasteiger partial charge is 0.381 e. The molecular weight excluding hydrogens is 177 g/mol. The van der Waals surface area contributed by atoms with Gasteiger partial charge in [-0.15, -0.1) is 0 Å². The summed E-state index contributed by atoms with van der Waals surface area (Å²) in [6.07, 6.45) is 2.10. The van der Waals surface area contributed by atoms with Gasteiger partial charge in [0.25, 0.3) is 0 Å². The zero-order valence-corrected chi connectivity index (χ0v) is 8.89. The molecular formula is C12H16FN. The molecule has 0 aliphatic rings. The van der Waals surface area contributed by atoms with Gasteiger partial charge in [0.1, 0.15) is 5.82 Å². The van der Waals surface area contributed by atoms with Gasteiger partial charge in [0.2, 0.25) is 0 Å². The van der Waals surface area contributed by atoms with Gasteiger partial charge in [-0.25, -0.2) is 4.39 Å². The third kappa shape index (κ3) is 3.21. The van der Waals surface area contributed by atoms with Crippen molar-refractivity contribution in [2.45, 2.75) is 20.8 Å². The van der Waals surface area contributed by atoms with E-state index in [9.17, 15) is 4.39 Å². The monoisotopic (exact) mass is 193 g/mol. The normalized spacial score (nSPS) is 9.71. The van der Waals surface area contributed by atoms with Crippen LogP contribution in [0.4, 0.5) is 10.1 Å². The number of rotatable bonds is 3. The summed E-state index contributed by atoms with van der Waals surface area (Å²) in [5.41, 5.74) is 3.20. The Kier molecular flexibility index (Phi) is 3.69. The van der Waals surface area contributed by atoms with Crippen LogP contribution in [0.3, 0.4) is 0 Å². The van der Waals surface area contributed by atoms with Crippen molar-refractivity contribution < 1.29 is 4.39 Å². The van der Waals surface area contributed by atoms with Crippen molar-refractivity contribution in [2.24, 2.45) is 0 Å². The summed E-state index contributed by atoms with van der Waals surface area (Å²) in [5, 5.41) is 3.23. The second-order valence-corrected chi connectivity index (χ2v) is 3.62. The standard InChI is InChI=1S/C12H16FN/c1-9(2)6-7-14-12-5-4-11(13)8-10(12)3/h4-6,8,14H,7H2,1-3H3. The molecule has 0 fully saturated rings. The molecule has 0 aromatic heterocycles. The number of benzene rings is 1. The smallest absolute Gasteiger partial charge is 0.123 e. The van der Waals surface area contributed by atoms with Crippen molar-refractivity contribution in [2.75, 3.05) is 11.9 Å². The summed E-state index contributed by atoms with van der Waals surface area (Å²) >= 11 is 0. The minimum Gasteiger partial charge on any atom is -0.381 e. The summed E-state index contributed by atoms with van der Waals surface area (Å²) in [5.74, 6) is -0.185. The maximum atomic E-state index is 12.8. The minimum absolute atomic E-state index is 0.185. The fraction of sp³-hybridized carbons (Fsp3) is 0.333. The second kappa shape index (κ2) is 4.80. The molecule has 76 valence electrons. The quantitative estimate of drug-likeness (QED) is 0.724. The van der Waals surface area contributed by atoms with Crippen molar-refractivity contribution >= 4 is 5.69 Å². The summed E-state index contributed by atoms with van der Waals surface area (Å²) in [6.45, 7) is 6.79. The summed E-state index contributed by atoms with van der Waals surface area (Å²) in [7, 11) is 0. The van der Waals surface area contributed by atoms with Crippen LogP contribution in [-0.4, -0.2) is 6.54 Å². The lowest BCUT2D eigenvalue weighted by molar-refractivity contribution is 0.627. The lowest BCUT2D eigenvalue weighted by Gasteiger charge is -2.07. The maximum absolute atomic E-state index is 12.8. The second-order valence-electron chi connectivity index (χ2n) is 3.62. The van der Waals surface area contributed by atoms with Gasteiger partial charge in [0.15, 0.2) is 0 Å². The number of allylic oxidation sites excluding steroid dienone is 1. The third-order valence-corrected chi connectivity index (χ3v) is 1.99. The number of hydrogen-bond donors (Lipinski definition) is 1. The highest BCUT2D eigenvalue weighted by molar-refractivity contribution is 5.50. The molecule has 1 aromatic rings. The van der Waals surface area contributed by atoms with Gasteiger partial charge >= 0.3 is 0 Å². The molecule has 0 aliphatic carbocycles. The average Bonchev–Trinajstić information content (AvgIpc) is 2.08. The highest BCUT2D eigenvalue weighted by atomic mass is 19.1. The Bertz CT molecular complexity index is 338. The van der Waals surface area contributed by atoms with Crippen LogP contribution in [0.5, 0.6) is 0 Å². The van der Waals surface area contributed by atoms with Crippen LogP contribution in [0.1, 0.15) is 19.4 Å². The third-order valence-electron chi connectivity index (χ3n) is 1.99. The Labute approximate surface area is 84.6 Å². The molecule has 0 bridgehead atoms. The molecule has 0 radical (unpaired) electrons. The first-order valence-electron chi connectivity index (χ1n) is 4.73. The number of anilines is 1. The van der Waals surface area contributed by atoms with Gasteiger partial charge in [-0.05, 0) is 44.5 Å². The van der Waals surface area contributed by atoms with Gasteiger partial charge < -0.3 is 5.32 Å². The molecule has 0 saturated heterocycles. The lowest BCUT2D eigenvalue weighted by Crippen LogP contribution is -2.00. The summed E-state index contributed by atoms with van der Waals surface area (Å²) in [4.78, 5) is 0. The molecule has 1 nitrogen and oxygen atoms in total. The van der Waals surface area contributed by atoms with E-state index in [4.69, 9.17) is 0 Å². The zero-order chi connectivity index (χ0) is 10.6. The summed E-state index contributed by atoms with van der Waals surface area (Å²) in [6, 6.07) is 4.77. The summed E-state index contributed by atoms with van der Waals surface area (Å²) < 4.78 is 12.8. The van der Waals surface area contributed by atoms with E-state index in [2.05, 4.69) is 25.2 Å². The fourth-order valence-electron chi connectivity index (χ4n) is 1.19. The number of nitrogens with one attached hydrogen (secondary N) is 1. The predicted molar refractivity (Wildman–Crippen MR) is 59.1 cm³/mol. The average molecular weight is 193 g/mol. The van der Waals surface area contributed by atoms with Crippen LogP contribution in [0, 0.1) is 12.7 Å². The van der Waals surface area contributed by atoms with Gasteiger partial charge in [0.05, 0.1) is 0 Å². The van der Waals surface area contributed by atoms with Crippen LogP contribution < -0.4 is 5.32 Å². The first kappa shape index (κ1) is 10.8. The molecule has 1 aromatic carbocycles. The Morgan fingerprint density at radius 2 is 2.14 bits per heavy atom. The van der Waals surface area contributed by atoms with Gasteiger partial charge in [0, 0.05) is 12.2 Å². The maximum Gasteiger partial charge on any atom is 0.123 e. The van der Waals surface area contributed by atoms with E-state index >= 15 is 0 Å². The molecule has 0 atom stereocenters. The van der Waals surface area contributed by atoms with E-state index in [-0.39, 0.29) is 5.82 Å². The SMILES string of the molecule is CC(C)=CCNc1ccc(F)cc1C. The van der Waals surface area contributed by atoms with Crippen LogP contribution in [0.15, 0.2) is 29.8 Å². The van der Waals surface area contributed by atoms with Gasteiger partial charge in [-0.1, -0.05) is 11.6 Å². The highest BCUT2D eigenvalue weighted by Gasteiger charge is 1.97. The van der Waals surface area contributed by atoms with Gasteiger partial charge in [-0.3, -0.25) is 0 Å². The molecule has 0 amide bonds. The van der Waals surface area contributed by atoms with Crippen molar-refractivity contribution in [1.29, 1.82) is 0 Å². The van der Waals surface area contributed by atoms with Crippen LogP contribution in [0.2, 0.25) is 0 Å². The van der Waals surface area contributed by atoms with E-state index in [1.54, 1.807) is 6.07 Å². The molecule has 14 heavy (non-hydrogen) atoms. The van der Waals surface area contributed by atoms with E-state index in [0.29, 0.717) is 0 Å². The topological polar surface area (TPSA) is 12.0 Å². The zero-order valence-electron chi connectivity index (χ0n) is 8.89. The minimum atomic E-state index is -0.185. The van der Waals surface area contributed by atoms with Crippen molar-refractivity contribution in [3.63, 3.8) is 0 Å². The molecule has 0 unspecified atom stereocenters. The van der Waals surface area contributed by atoms with Crippen LogP contribution in [-0.2, 0) is 0 Å². The fourth-order valence-corrected chi connectivity index (χ4v) is 1.19. The number of halogens is 1. The molecule has 0 heterocycles. The van der Waals surface area contributed by atoms with Crippen LogP contribution >= 0.6 is 0 Å². The Hall–Kier alpha value is -1.31. The van der Waals surface area contributed by atoms with E-state index in [1.807, 2.05) is 6.92 Å². The Balaban J connectivity index is 2.64. The van der Waals surface area contributed by atoms with E-state index < -0.39 is 0 Å². The molecule has 0 spiro atoms. The predicted octanol–water partition coefficient (Wildman–Crippen LogP) is 3.51. The van der Waals surface area contributed by atoms with Crippen molar-refractivity contribution in [3.05, 3.63) is 41.2 Å².